The molecule has 0 aliphatic carbocycles. The minimum Gasteiger partial charge on any atom is -0.454 e. The van der Waals surface area contributed by atoms with Gasteiger partial charge >= 0.3 is 5.97 Å². The topological polar surface area (TPSA) is 94.8 Å². The van der Waals surface area contributed by atoms with Crippen molar-refractivity contribution in [2.75, 3.05) is 19.8 Å². The predicted octanol–water partition coefficient (Wildman–Crippen LogP) is 2.67. The first kappa shape index (κ1) is 20.8. The van der Waals surface area contributed by atoms with Crippen molar-refractivity contribution in [3.8, 4) is 10.8 Å². The third kappa shape index (κ3) is 6.30. The first-order valence-electron chi connectivity index (χ1n) is 8.58. The molecule has 0 aliphatic rings. The maximum atomic E-state index is 12.4. The van der Waals surface area contributed by atoms with Crippen molar-refractivity contribution >= 4 is 23.2 Å². The number of esters is 1. The number of amides is 1. The summed E-state index contributed by atoms with van der Waals surface area (Å²) in [5.74, 6) is -0.186. The van der Waals surface area contributed by atoms with Crippen molar-refractivity contribution in [1.29, 1.82) is 0 Å². The van der Waals surface area contributed by atoms with E-state index in [1.807, 2.05) is 24.4 Å². The Hall–Kier alpha value is -2.52. The minimum absolute atomic E-state index is 0.158. The van der Waals surface area contributed by atoms with Gasteiger partial charge in [-0.2, -0.15) is 0 Å². The molecule has 0 spiro atoms. The van der Waals surface area contributed by atoms with Gasteiger partial charge in [0.15, 0.2) is 12.7 Å². The van der Waals surface area contributed by atoms with E-state index in [-0.39, 0.29) is 25.7 Å². The predicted molar refractivity (Wildman–Crippen MR) is 99.9 cm³/mol. The molecule has 1 unspecified atom stereocenters. The molecule has 2 heterocycles. The van der Waals surface area contributed by atoms with Gasteiger partial charge in [0.05, 0.1) is 18.0 Å². The van der Waals surface area contributed by atoms with E-state index in [4.69, 9.17) is 13.9 Å². The number of carbonyl (C=O) groups is 2. The summed E-state index contributed by atoms with van der Waals surface area (Å²) in [5, 5.41) is 9.91. The molecule has 0 saturated carbocycles. The number of rotatable bonds is 11. The van der Waals surface area contributed by atoms with E-state index in [0.29, 0.717) is 18.3 Å². The SMILES string of the molecule is C=CCOC(C)C(=O)OCC(=O)N(CCC)Cc1nnc(-c2cccs2)o1. The highest BCUT2D eigenvalue weighted by Crippen LogP contribution is 2.23. The average Bonchev–Trinajstić information content (AvgIpc) is 3.35. The molecule has 0 aliphatic heterocycles. The van der Waals surface area contributed by atoms with Crippen molar-refractivity contribution in [1.82, 2.24) is 15.1 Å². The number of thiophene rings is 1. The summed E-state index contributed by atoms with van der Waals surface area (Å²) in [6.07, 6.45) is 1.51. The van der Waals surface area contributed by atoms with Gasteiger partial charge in [-0.25, -0.2) is 4.79 Å². The van der Waals surface area contributed by atoms with Gasteiger partial charge in [0.25, 0.3) is 11.8 Å². The van der Waals surface area contributed by atoms with Crippen LogP contribution >= 0.6 is 11.3 Å². The Morgan fingerprint density at radius 1 is 1.44 bits per heavy atom. The highest BCUT2D eigenvalue weighted by molar-refractivity contribution is 7.13. The van der Waals surface area contributed by atoms with Crippen molar-refractivity contribution in [2.45, 2.75) is 32.9 Å². The maximum absolute atomic E-state index is 12.4. The highest BCUT2D eigenvalue weighted by Gasteiger charge is 2.21. The van der Waals surface area contributed by atoms with Crippen LogP contribution in [0, 0.1) is 0 Å². The lowest BCUT2D eigenvalue weighted by atomic mass is 10.3. The zero-order chi connectivity index (χ0) is 19.6. The number of nitrogens with zero attached hydrogens (tertiary/aromatic N) is 3. The molecule has 9 heteroatoms. The summed E-state index contributed by atoms with van der Waals surface area (Å²) < 4.78 is 15.8. The third-order valence-corrected chi connectivity index (χ3v) is 4.36. The Morgan fingerprint density at radius 2 is 2.26 bits per heavy atom. The van der Waals surface area contributed by atoms with Gasteiger partial charge in [-0.3, -0.25) is 4.79 Å². The molecule has 8 nitrogen and oxygen atoms in total. The van der Waals surface area contributed by atoms with Crippen LogP contribution in [0.15, 0.2) is 34.6 Å². The molecular weight excluding hydrogens is 370 g/mol. The van der Waals surface area contributed by atoms with Gasteiger partial charge in [0.2, 0.25) is 5.89 Å². The molecule has 0 bridgehead atoms. The minimum atomic E-state index is -0.764. The molecule has 2 aromatic heterocycles. The number of ether oxygens (including phenoxy) is 2. The van der Waals surface area contributed by atoms with E-state index in [1.54, 1.807) is 6.92 Å². The first-order valence-corrected chi connectivity index (χ1v) is 9.46. The molecule has 0 aromatic carbocycles. The largest absolute Gasteiger partial charge is 0.454 e. The molecule has 0 radical (unpaired) electrons. The fraction of sp³-hybridized carbons (Fsp3) is 0.444. The molecule has 0 fully saturated rings. The monoisotopic (exact) mass is 393 g/mol. The third-order valence-electron chi connectivity index (χ3n) is 3.51. The maximum Gasteiger partial charge on any atom is 0.335 e. The van der Waals surface area contributed by atoms with E-state index in [9.17, 15) is 9.59 Å². The summed E-state index contributed by atoms with van der Waals surface area (Å²) >= 11 is 1.49. The standard InChI is InChI=1S/C18H23N3O5S/c1-4-8-21(16(22)12-25-18(23)13(3)24-9-5-2)11-15-19-20-17(26-15)14-7-6-10-27-14/h5-7,10,13H,2,4,8-9,11-12H2,1,3H3. The van der Waals surface area contributed by atoms with Crippen LogP contribution in [-0.2, 0) is 25.6 Å². The summed E-state index contributed by atoms with van der Waals surface area (Å²) in [6, 6.07) is 3.77. The van der Waals surface area contributed by atoms with Crippen LogP contribution in [0.2, 0.25) is 0 Å². The van der Waals surface area contributed by atoms with Gasteiger partial charge in [-0.05, 0) is 24.8 Å². The zero-order valence-electron chi connectivity index (χ0n) is 15.4. The normalized spacial score (nSPS) is 11.8. The van der Waals surface area contributed by atoms with E-state index in [2.05, 4.69) is 16.8 Å². The lowest BCUT2D eigenvalue weighted by molar-refractivity contribution is -0.160. The Bertz CT molecular complexity index is 744. The summed E-state index contributed by atoms with van der Waals surface area (Å²) in [6.45, 7) is 7.52. The second-order valence-electron chi connectivity index (χ2n) is 5.67. The Labute approximate surface area is 161 Å². The number of hydrogen-bond acceptors (Lipinski definition) is 8. The fourth-order valence-corrected chi connectivity index (χ4v) is 2.81. The van der Waals surface area contributed by atoms with Crippen LogP contribution in [0.5, 0.6) is 0 Å². The van der Waals surface area contributed by atoms with E-state index >= 15 is 0 Å². The van der Waals surface area contributed by atoms with Crippen molar-refractivity contribution in [3.63, 3.8) is 0 Å². The quantitative estimate of drug-likeness (QED) is 0.428. The molecule has 27 heavy (non-hydrogen) atoms. The van der Waals surface area contributed by atoms with Gasteiger partial charge in [-0.15, -0.1) is 28.1 Å². The molecule has 1 atom stereocenters. The van der Waals surface area contributed by atoms with Crippen LogP contribution in [-0.4, -0.2) is 52.8 Å². The second kappa shape index (κ2) is 10.6. The van der Waals surface area contributed by atoms with Crippen LogP contribution in [0.4, 0.5) is 0 Å². The van der Waals surface area contributed by atoms with Crippen molar-refractivity contribution in [2.24, 2.45) is 0 Å². The summed E-state index contributed by atoms with van der Waals surface area (Å²) in [7, 11) is 0. The van der Waals surface area contributed by atoms with E-state index in [0.717, 1.165) is 11.3 Å². The zero-order valence-corrected chi connectivity index (χ0v) is 16.2. The van der Waals surface area contributed by atoms with Crippen LogP contribution in [0.25, 0.3) is 10.8 Å². The van der Waals surface area contributed by atoms with E-state index in [1.165, 1.54) is 22.3 Å². The van der Waals surface area contributed by atoms with E-state index < -0.39 is 12.1 Å². The first-order chi connectivity index (χ1) is 13.0. The molecule has 2 rings (SSSR count). The Morgan fingerprint density at radius 3 is 2.93 bits per heavy atom. The summed E-state index contributed by atoms with van der Waals surface area (Å²) in [4.78, 5) is 26.6. The Balaban J connectivity index is 1.91. The van der Waals surface area contributed by atoms with Crippen LogP contribution in [0.1, 0.15) is 26.2 Å². The second-order valence-corrected chi connectivity index (χ2v) is 6.61. The number of carbonyl (C=O) groups excluding carboxylic acids is 2. The highest BCUT2D eigenvalue weighted by atomic mass is 32.1. The molecule has 0 saturated heterocycles. The Kier molecular flexibility index (Phi) is 8.15. The number of aromatic nitrogens is 2. The van der Waals surface area contributed by atoms with Crippen molar-refractivity contribution < 1.29 is 23.5 Å². The van der Waals surface area contributed by atoms with Crippen LogP contribution < -0.4 is 0 Å². The number of hydrogen-bond donors (Lipinski definition) is 0. The van der Waals surface area contributed by atoms with Gasteiger partial charge in [-0.1, -0.05) is 19.1 Å². The molecule has 146 valence electrons. The molecule has 2 aromatic rings. The van der Waals surface area contributed by atoms with Crippen LogP contribution in [0.3, 0.4) is 0 Å². The fourth-order valence-electron chi connectivity index (χ4n) is 2.16. The smallest absolute Gasteiger partial charge is 0.335 e. The van der Waals surface area contributed by atoms with Gasteiger partial charge in [0, 0.05) is 6.54 Å². The molecule has 1 amide bonds. The summed E-state index contributed by atoms with van der Waals surface area (Å²) in [5.41, 5.74) is 0. The van der Waals surface area contributed by atoms with Gasteiger partial charge < -0.3 is 18.8 Å². The lowest BCUT2D eigenvalue weighted by Crippen LogP contribution is -2.36. The lowest BCUT2D eigenvalue weighted by Gasteiger charge is -2.20. The van der Waals surface area contributed by atoms with Crippen molar-refractivity contribution in [3.05, 3.63) is 36.1 Å². The molecule has 0 N–H and O–H groups in total. The van der Waals surface area contributed by atoms with Gasteiger partial charge in [0.1, 0.15) is 0 Å². The average molecular weight is 393 g/mol. The molecular formula is C18H23N3O5S.